The van der Waals surface area contributed by atoms with Gasteiger partial charge in [0.15, 0.2) is 0 Å². The van der Waals surface area contributed by atoms with E-state index in [1.54, 1.807) is 12.1 Å². The molecule has 0 bridgehead atoms. The van der Waals surface area contributed by atoms with Gasteiger partial charge in [-0.2, -0.15) is 0 Å². The number of unbranched alkanes of at least 4 members (excludes halogenated alkanes) is 12. The molecule has 0 fully saturated rings. The standard InChI is InChI=1S/C25H32O2.C23H28O3/c1-3-5-6-7-8-9-10-11-12-21-13-15-22(16-14-21)23-17-19-24(20-18-23)27-25(26)4-2;1-3-5-6-7-8-9-18-25-21-14-10-19(11-15-21)20-12-16-22(17-13-20)26-23(24)4-2/h4,13-20H,2-3,5-12H2,1H3;4,10-17H,2-3,5-9,18H2,1H3. The molecule has 5 heteroatoms. The van der Waals surface area contributed by atoms with E-state index in [0.29, 0.717) is 11.5 Å². The van der Waals surface area contributed by atoms with Crippen LogP contribution in [0, 0.1) is 0 Å². The molecule has 0 N–H and O–H groups in total. The Hall–Kier alpha value is -4.90. The van der Waals surface area contributed by atoms with Crippen LogP contribution in [0.25, 0.3) is 22.3 Å². The first kappa shape index (κ1) is 42.5. The average molecular weight is 717 g/mol. The van der Waals surface area contributed by atoms with E-state index in [4.69, 9.17) is 14.2 Å². The smallest absolute Gasteiger partial charge is 0.335 e. The fraction of sp³-hybridized carbons (Fsp3) is 0.375. The second kappa shape index (κ2) is 26.0. The molecule has 0 saturated carbocycles. The molecule has 0 aromatic heterocycles. The predicted molar refractivity (Wildman–Crippen MR) is 221 cm³/mol. The fourth-order valence-electron chi connectivity index (χ4n) is 5.89. The van der Waals surface area contributed by atoms with Crippen molar-refractivity contribution >= 4 is 11.9 Å². The Kier molecular flexibility index (Phi) is 20.8. The summed E-state index contributed by atoms with van der Waals surface area (Å²) < 4.78 is 16.0. The highest BCUT2D eigenvalue weighted by atomic mass is 16.5. The van der Waals surface area contributed by atoms with Crippen molar-refractivity contribution in [3.05, 3.63) is 128 Å². The van der Waals surface area contributed by atoms with Gasteiger partial charge in [0.25, 0.3) is 0 Å². The summed E-state index contributed by atoms with van der Waals surface area (Å²) in [5.41, 5.74) is 5.86. The average Bonchev–Trinajstić information content (AvgIpc) is 3.20. The van der Waals surface area contributed by atoms with E-state index in [0.717, 1.165) is 48.0 Å². The van der Waals surface area contributed by atoms with Crippen molar-refractivity contribution in [2.75, 3.05) is 6.61 Å². The summed E-state index contributed by atoms with van der Waals surface area (Å²) in [5, 5.41) is 0. The summed E-state index contributed by atoms with van der Waals surface area (Å²) in [5.74, 6) is 1.06. The Morgan fingerprint density at radius 1 is 0.453 bits per heavy atom. The van der Waals surface area contributed by atoms with Gasteiger partial charge in [-0.05, 0) is 83.5 Å². The summed E-state index contributed by atoms with van der Waals surface area (Å²) in [6.07, 6.45) is 21.9. The Balaban J connectivity index is 0.000000286. The molecular weight excluding hydrogens is 657 g/mol. The van der Waals surface area contributed by atoms with Crippen LogP contribution in [0.2, 0.25) is 0 Å². The topological polar surface area (TPSA) is 61.8 Å². The van der Waals surface area contributed by atoms with Crippen LogP contribution in [0.15, 0.2) is 122 Å². The summed E-state index contributed by atoms with van der Waals surface area (Å²) in [6.45, 7) is 12.1. The number of hydrogen-bond acceptors (Lipinski definition) is 5. The van der Waals surface area contributed by atoms with Gasteiger partial charge in [0.1, 0.15) is 17.2 Å². The summed E-state index contributed by atoms with van der Waals surface area (Å²) >= 11 is 0. The quantitative estimate of drug-likeness (QED) is 0.0331. The van der Waals surface area contributed by atoms with Crippen LogP contribution in [-0.4, -0.2) is 18.5 Å². The summed E-state index contributed by atoms with van der Waals surface area (Å²) in [4.78, 5) is 22.4. The number of esters is 2. The maximum atomic E-state index is 11.2. The molecule has 0 aliphatic rings. The van der Waals surface area contributed by atoms with Crippen molar-refractivity contribution in [1.82, 2.24) is 0 Å². The zero-order valence-corrected chi connectivity index (χ0v) is 32.2. The predicted octanol–water partition coefficient (Wildman–Crippen LogP) is 13.3. The van der Waals surface area contributed by atoms with Gasteiger partial charge in [-0.3, -0.25) is 0 Å². The Morgan fingerprint density at radius 2 is 0.792 bits per heavy atom. The molecule has 4 aromatic rings. The molecule has 0 spiro atoms. The van der Waals surface area contributed by atoms with E-state index in [1.807, 2.05) is 60.7 Å². The van der Waals surface area contributed by atoms with Crippen molar-refractivity contribution in [2.24, 2.45) is 0 Å². The van der Waals surface area contributed by atoms with Gasteiger partial charge >= 0.3 is 11.9 Å². The van der Waals surface area contributed by atoms with E-state index in [9.17, 15) is 9.59 Å². The number of benzene rings is 4. The third kappa shape index (κ3) is 17.4. The minimum atomic E-state index is -0.454. The first-order valence-electron chi connectivity index (χ1n) is 19.7. The molecule has 0 atom stereocenters. The third-order valence-corrected chi connectivity index (χ3v) is 9.04. The lowest BCUT2D eigenvalue weighted by molar-refractivity contribution is -0.129. The molecule has 0 aliphatic heterocycles. The highest BCUT2D eigenvalue weighted by molar-refractivity contribution is 5.84. The Bertz CT molecular complexity index is 1600. The van der Waals surface area contributed by atoms with E-state index in [-0.39, 0.29) is 0 Å². The summed E-state index contributed by atoms with van der Waals surface area (Å²) in [6, 6.07) is 31.9. The third-order valence-electron chi connectivity index (χ3n) is 9.04. The van der Waals surface area contributed by atoms with Crippen molar-refractivity contribution in [3.8, 4) is 39.5 Å². The van der Waals surface area contributed by atoms with E-state index in [2.05, 4.69) is 51.3 Å². The van der Waals surface area contributed by atoms with Crippen molar-refractivity contribution in [2.45, 2.75) is 110 Å². The zero-order valence-electron chi connectivity index (χ0n) is 32.2. The number of ether oxygens (including phenoxy) is 3. The molecule has 4 aromatic carbocycles. The van der Waals surface area contributed by atoms with Crippen LogP contribution in [0.5, 0.6) is 17.2 Å². The minimum Gasteiger partial charge on any atom is -0.494 e. The zero-order chi connectivity index (χ0) is 37.9. The molecule has 0 saturated heterocycles. The van der Waals surface area contributed by atoms with Crippen LogP contribution >= 0.6 is 0 Å². The van der Waals surface area contributed by atoms with Crippen LogP contribution in [0.1, 0.15) is 109 Å². The first-order chi connectivity index (χ1) is 25.9. The van der Waals surface area contributed by atoms with Gasteiger partial charge in [-0.15, -0.1) is 0 Å². The van der Waals surface area contributed by atoms with Gasteiger partial charge in [0.05, 0.1) is 6.61 Å². The van der Waals surface area contributed by atoms with Crippen LogP contribution in [-0.2, 0) is 16.0 Å². The number of carbonyl (C=O) groups excluding carboxylic acids is 2. The molecule has 0 radical (unpaired) electrons. The molecule has 53 heavy (non-hydrogen) atoms. The van der Waals surface area contributed by atoms with E-state index in [1.165, 1.54) is 101 Å². The highest BCUT2D eigenvalue weighted by Crippen LogP contribution is 2.26. The molecule has 4 rings (SSSR count). The number of aryl methyl sites for hydroxylation is 1. The van der Waals surface area contributed by atoms with Gasteiger partial charge in [0.2, 0.25) is 0 Å². The normalized spacial score (nSPS) is 10.5. The second-order valence-corrected chi connectivity index (χ2v) is 13.4. The van der Waals surface area contributed by atoms with Crippen molar-refractivity contribution < 1.29 is 23.8 Å². The molecule has 0 unspecified atom stereocenters. The molecule has 5 nitrogen and oxygen atoms in total. The number of hydrogen-bond donors (Lipinski definition) is 0. The lowest BCUT2D eigenvalue weighted by Crippen LogP contribution is -2.02. The SMILES string of the molecule is C=CC(=O)Oc1ccc(-c2ccc(CCCCCCCCCC)cc2)cc1.C=CC(=O)Oc1ccc(-c2ccc(OCCCCCCCC)cc2)cc1. The van der Waals surface area contributed by atoms with Crippen LogP contribution < -0.4 is 14.2 Å². The van der Waals surface area contributed by atoms with Gasteiger partial charge in [0, 0.05) is 12.2 Å². The van der Waals surface area contributed by atoms with E-state index < -0.39 is 11.9 Å². The molecule has 0 aliphatic carbocycles. The van der Waals surface area contributed by atoms with Crippen LogP contribution in [0.4, 0.5) is 0 Å². The first-order valence-corrected chi connectivity index (χ1v) is 19.7. The lowest BCUT2D eigenvalue weighted by atomic mass is 10.0. The maximum Gasteiger partial charge on any atom is 0.335 e. The van der Waals surface area contributed by atoms with Crippen LogP contribution in [0.3, 0.4) is 0 Å². The number of carbonyl (C=O) groups is 2. The van der Waals surface area contributed by atoms with E-state index >= 15 is 0 Å². The van der Waals surface area contributed by atoms with Crippen molar-refractivity contribution in [3.63, 3.8) is 0 Å². The molecule has 0 heterocycles. The van der Waals surface area contributed by atoms with Gasteiger partial charge < -0.3 is 14.2 Å². The van der Waals surface area contributed by atoms with Gasteiger partial charge in [-0.1, -0.05) is 165 Å². The Morgan fingerprint density at radius 3 is 1.19 bits per heavy atom. The minimum absolute atomic E-state index is 0.437. The second-order valence-electron chi connectivity index (χ2n) is 13.4. The summed E-state index contributed by atoms with van der Waals surface area (Å²) in [7, 11) is 0. The molecule has 282 valence electrons. The van der Waals surface area contributed by atoms with Crippen molar-refractivity contribution in [1.29, 1.82) is 0 Å². The number of rotatable bonds is 23. The lowest BCUT2D eigenvalue weighted by Gasteiger charge is -2.08. The highest BCUT2D eigenvalue weighted by Gasteiger charge is 2.04. The fourth-order valence-corrected chi connectivity index (χ4v) is 5.89. The molecule has 0 amide bonds. The largest absolute Gasteiger partial charge is 0.494 e. The van der Waals surface area contributed by atoms with Gasteiger partial charge in [-0.25, -0.2) is 9.59 Å². The molecular formula is C48H60O5. The Labute approximate surface area is 319 Å². The monoisotopic (exact) mass is 716 g/mol. The maximum absolute atomic E-state index is 11.2.